The summed E-state index contributed by atoms with van der Waals surface area (Å²) in [5.74, 6) is -0.673. The summed E-state index contributed by atoms with van der Waals surface area (Å²) in [6.07, 6.45) is 8.57. The topological polar surface area (TPSA) is 207 Å². The van der Waals surface area contributed by atoms with Crippen LogP contribution >= 0.6 is 0 Å². The van der Waals surface area contributed by atoms with Crippen LogP contribution in [-0.2, 0) is 30.3 Å². The van der Waals surface area contributed by atoms with Crippen molar-refractivity contribution in [1.29, 1.82) is 5.26 Å². The molecule has 2 fully saturated rings. The van der Waals surface area contributed by atoms with Crippen LogP contribution in [0.4, 0.5) is 10.5 Å². The van der Waals surface area contributed by atoms with E-state index < -0.39 is 41.4 Å². The van der Waals surface area contributed by atoms with Crippen molar-refractivity contribution in [3.8, 4) is 23.1 Å². The molecule has 0 N–H and O–H groups in total. The summed E-state index contributed by atoms with van der Waals surface area (Å²) in [5.41, 5.74) is 1.70. The van der Waals surface area contributed by atoms with Crippen LogP contribution in [0.25, 0.3) is 22.3 Å². The summed E-state index contributed by atoms with van der Waals surface area (Å²) >= 11 is 0. The number of non-ortho nitro benzene ring substituents is 1. The van der Waals surface area contributed by atoms with E-state index >= 15 is 0 Å². The number of hydrogen-bond acceptors (Lipinski definition) is 13. The molecule has 1 amide bonds. The van der Waals surface area contributed by atoms with Crippen LogP contribution in [-0.4, -0.2) is 84.8 Å². The Morgan fingerprint density at radius 2 is 1.98 bits per heavy atom. The minimum Gasteiger partial charge on any atom is -0.467 e. The van der Waals surface area contributed by atoms with E-state index in [1.165, 1.54) is 55.1 Å². The Kier molecular flexibility index (Phi) is 10.7. The maximum Gasteiger partial charge on any atom is 0.335 e. The molecule has 3 aromatic heterocycles. The zero-order valence-electron chi connectivity index (χ0n) is 28.9. The minimum atomic E-state index is -1.08. The zero-order valence-corrected chi connectivity index (χ0v) is 28.9. The number of hydrogen-bond donors (Lipinski definition) is 0. The van der Waals surface area contributed by atoms with E-state index in [4.69, 9.17) is 18.9 Å². The molecule has 1 saturated carbocycles. The summed E-state index contributed by atoms with van der Waals surface area (Å²) < 4.78 is 25.3. The van der Waals surface area contributed by atoms with Crippen molar-refractivity contribution in [2.45, 2.75) is 83.0 Å². The summed E-state index contributed by atoms with van der Waals surface area (Å²) in [7, 11) is 2.74. The van der Waals surface area contributed by atoms with Gasteiger partial charge in [0.1, 0.15) is 18.2 Å². The highest BCUT2D eigenvalue weighted by Gasteiger charge is 2.38. The Morgan fingerprint density at radius 3 is 2.69 bits per heavy atom. The molecule has 1 aliphatic heterocycles. The number of rotatable bonds is 11. The molecule has 1 aromatic carbocycles. The van der Waals surface area contributed by atoms with Gasteiger partial charge in [0, 0.05) is 67.9 Å². The van der Waals surface area contributed by atoms with Crippen LogP contribution < -0.4 is 4.74 Å². The lowest BCUT2D eigenvalue weighted by molar-refractivity contribution is -0.385. The van der Waals surface area contributed by atoms with Crippen molar-refractivity contribution in [1.82, 2.24) is 29.2 Å². The first-order valence-electron chi connectivity index (χ1n) is 16.9. The highest BCUT2D eigenvalue weighted by molar-refractivity contribution is 5.96. The lowest BCUT2D eigenvalue weighted by atomic mass is 9.96. The standard InChI is InChI=1S/C35H38N8O9/c1-21(44)50-26-15-30(34(45)49-3)52-31(16-26)51-29-9-8-25(43(47)48)14-23(29)18-40(2)35(46)41-13-11-27-32(37-20-38-33(27)41)24-17-39-42(19-24)28(10-12-36)22-6-4-5-7-22/h8-9,11,13-14,17,19-20,22,26,28,30-31H,4-7,10,15-16,18H2,1-3H3/t26-,28+,30-,31+/m0/s1. The maximum absolute atomic E-state index is 13.9. The quantitative estimate of drug-likeness (QED) is 0.115. The number of esters is 2. The van der Waals surface area contributed by atoms with Gasteiger partial charge in [0.05, 0.1) is 49.0 Å². The molecule has 4 aromatic rings. The Labute approximate surface area is 298 Å². The van der Waals surface area contributed by atoms with Crippen molar-refractivity contribution >= 4 is 34.7 Å². The molecule has 17 heteroatoms. The molecule has 272 valence electrons. The average Bonchev–Trinajstić information content (AvgIpc) is 3.92. The Bertz CT molecular complexity index is 2010. The number of benzene rings is 1. The fourth-order valence-electron chi connectivity index (χ4n) is 6.99. The number of nitrogens with zero attached hydrogens (tertiary/aromatic N) is 8. The molecule has 6 rings (SSSR count). The molecule has 0 spiro atoms. The molecular weight excluding hydrogens is 676 g/mol. The van der Waals surface area contributed by atoms with E-state index in [1.54, 1.807) is 18.5 Å². The first kappa shape index (κ1) is 35.9. The van der Waals surface area contributed by atoms with E-state index in [0.29, 0.717) is 29.1 Å². The number of methoxy groups -OCH3 is 1. The van der Waals surface area contributed by atoms with Gasteiger partial charge in [-0.25, -0.2) is 19.6 Å². The van der Waals surface area contributed by atoms with Crippen molar-refractivity contribution in [3.05, 3.63) is 64.9 Å². The zero-order chi connectivity index (χ0) is 36.9. The number of nitriles is 1. The van der Waals surface area contributed by atoms with E-state index in [9.17, 15) is 29.8 Å². The fraction of sp³-hybridized carbons (Fsp3) is 0.457. The van der Waals surface area contributed by atoms with Crippen LogP contribution in [0.1, 0.15) is 63.5 Å². The summed E-state index contributed by atoms with van der Waals surface area (Å²) in [4.78, 5) is 59.3. The molecule has 2 aliphatic rings. The van der Waals surface area contributed by atoms with Gasteiger partial charge in [-0.15, -0.1) is 0 Å². The SMILES string of the molecule is COC(=O)[C@@H]1C[C@H](OC(C)=O)C[C@H](Oc2ccc([N+](=O)[O-])cc2CN(C)C(=O)n2ccc3c(-c4cnn([C@H](CC#N)C5CCCC5)c4)ncnc32)O1. The summed E-state index contributed by atoms with van der Waals surface area (Å²) in [6.45, 7) is 1.13. The van der Waals surface area contributed by atoms with Crippen molar-refractivity contribution in [2.24, 2.45) is 5.92 Å². The van der Waals surface area contributed by atoms with Gasteiger partial charge in [0.15, 0.2) is 11.8 Å². The third kappa shape index (κ3) is 7.71. The summed E-state index contributed by atoms with van der Waals surface area (Å²) in [6, 6.07) is 7.44. The van der Waals surface area contributed by atoms with Gasteiger partial charge in [-0.1, -0.05) is 12.8 Å². The van der Waals surface area contributed by atoms with E-state index in [-0.39, 0.29) is 42.4 Å². The van der Waals surface area contributed by atoms with Gasteiger partial charge in [-0.3, -0.25) is 24.2 Å². The first-order chi connectivity index (χ1) is 25.1. The van der Waals surface area contributed by atoms with Gasteiger partial charge >= 0.3 is 18.0 Å². The monoisotopic (exact) mass is 714 g/mol. The molecule has 1 saturated heterocycles. The van der Waals surface area contributed by atoms with Gasteiger partial charge in [-0.05, 0) is 30.9 Å². The predicted molar refractivity (Wildman–Crippen MR) is 181 cm³/mol. The molecule has 0 unspecified atom stereocenters. The van der Waals surface area contributed by atoms with Gasteiger partial charge in [-0.2, -0.15) is 10.4 Å². The van der Waals surface area contributed by atoms with Crippen molar-refractivity contribution in [3.63, 3.8) is 0 Å². The second kappa shape index (κ2) is 15.6. The fourth-order valence-corrected chi connectivity index (χ4v) is 6.99. The number of amides is 1. The van der Waals surface area contributed by atoms with Gasteiger partial charge in [0.2, 0.25) is 6.29 Å². The number of nitro benzene ring substituents is 1. The normalized spacial score (nSPS) is 19.5. The maximum atomic E-state index is 13.9. The second-order valence-electron chi connectivity index (χ2n) is 12.9. The molecule has 52 heavy (non-hydrogen) atoms. The van der Waals surface area contributed by atoms with Gasteiger partial charge in [0.25, 0.3) is 5.69 Å². The van der Waals surface area contributed by atoms with Crippen molar-refractivity contribution in [2.75, 3.05) is 14.2 Å². The number of nitro groups is 1. The first-order valence-corrected chi connectivity index (χ1v) is 16.9. The molecule has 17 nitrogen and oxygen atoms in total. The third-order valence-corrected chi connectivity index (χ3v) is 9.44. The smallest absolute Gasteiger partial charge is 0.335 e. The molecule has 4 atom stereocenters. The summed E-state index contributed by atoms with van der Waals surface area (Å²) in [5, 5.41) is 26.4. The number of carbonyl (C=O) groups excluding carboxylic acids is 3. The number of aromatic nitrogens is 5. The highest BCUT2D eigenvalue weighted by atomic mass is 16.7. The largest absolute Gasteiger partial charge is 0.467 e. The Balaban J connectivity index is 1.24. The highest BCUT2D eigenvalue weighted by Crippen LogP contribution is 2.37. The second-order valence-corrected chi connectivity index (χ2v) is 12.9. The number of carbonyl (C=O) groups is 3. The van der Waals surface area contributed by atoms with Crippen LogP contribution in [0.15, 0.2) is 49.2 Å². The Morgan fingerprint density at radius 1 is 1.19 bits per heavy atom. The molecule has 0 bridgehead atoms. The number of fused-ring (bicyclic) bond motifs is 1. The van der Waals surface area contributed by atoms with Crippen LogP contribution in [0.2, 0.25) is 0 Å². The van der Waals surface area contributed by atoms with Crippen molar-refractivity contribution < 1.29 is 38.3 Å². The minimum absolute atomic E-state index is 0.0321. The lowest BCUT2D eigenvalue weighted by Crippen LogP contribution is -2.44. The molecule has 1 aliphatic carbocycles. The Hall–Kier alpha value is -5.89. The third-order valence-electron chi connectivity index (χ3n) is 9.44. The molecular formula is C35H38N8O9. The van der Waals surface area contributed by atoms with Crippen LogP contribution in [0.5, 0.6) is 5.75 Å². The van der Waals surface area contributed by atoms with E-state index in [1.807, 2.05) is 10.9 Å². The molecule has 4 heterocycles. The number of ether oxygens (including phenoxy) is 4. The predicted octanol–water partition coefficient (Wildman–Crippen LogP) is 4.94. The van der Waals surface area contributed by atoms with Crippen LogP contribution in [0.3, 0.4) is 0 Å². The van der Waals surface area contributed by atoms with Gasteiger partial charge < -0.3 is 23.8 Å². The van der Waals surface area contributed by atoms with E-state index in [0.717, 1.165) is 31.2 Å². The van der Waals surface area contributed by atoms with E-state index in [2.05, 4.69) is 21.1 Å². The van der Waals surface area contributed by atoms with Crippen LogP contribution in [0, 0.1) is 27.4 Å². The molecule has 0 radical (unpaired) electrons. The lowest BCUT2D eigenvalue weighted by Gasteiger charge is -2.34. The average molecular weight is 715 g/mol.